The van der Waals surface area contributed by atoms with Crippen LogP contribution in [0.2, 0.25) is 0 Å². The van der Waals surface area contributed by atoms with Crippen molar-refractivity contribution in [2.24, 2.45) is 11.8 Å². The number of para-hydroxylation sites is 1. The van der Waals surface area contributed by atoms with Gasteiger partial charge in [-0.25, -0.2) is 4.90 Å². The monoisotopic (exact) mass is 349 g/mol. The van der Waals surface area contributed by atoms with E-state index in [0.717, 1.165) is 0 Å². The van der Waals surface area contributed by atoms with E-state index in [4.69, 9.17) is 4.74 Å². The number of hydrogen-bond donors (Lipinski definition) is 1. The molecule has 3 heterocycles. The molecule has 0 saturated carbocycles. The van der Waals surface area contributed by atoms with Crippen LogP contribution >= 0.6 is 15.9 Å². The molecule has 6 heteroatoms. The van der Waals surface area contributed by atoms with Crippen LogP contribution in [0.3, 0.4) is 0 Å². The van der Waals surface area contributed by atoms with E-state index in [-0.39, 0.29) is 18.4 Å². The number of anilines is 1. The highest BCUT2D eigenvalue weighted by Crippen LogP contribution is 2.52. The molecule has 21 heavy (non-hydrogen) atoms. The van der Waals surface area contributed by atoms with Crippen molar-refractivity contribution in [1.29, 1.82) is 0 Å². The van der Waals surface area contributed by atoms with Crippen LogP contribution in [-0.4, -0.2) is 35.2 Å². The number of ether oxygens (including phenoxy) is 1. The van der Waals surface area contributed by atoms with Crippen LogP contribution in [0.4, 0.5) is 5.69 Å². The van der Waals surface area contributed by atoms with Crippen molar-refractivity contribution in [3.63, 3.8) is 0 Å². The number of rotatable bonds is 2. The summed E-state index contributed by atoms with van der Waals surface area (Å²) in [7, 11) is 0. The highest BCUT2D eigenvalue weighted by atomic mass is 79.9. The van der Waals surface area contributed by atoms with Crippen molar-refractivity contribution < 1.29 is 19.4 Å². The van der Waals surface area contributed by atoms with E-state index in [1.54, 1.807) is 30.4 Å². The van der Waals surface area contributed by atoms with Crippen LogP contribution in [0, 0.1) is 11.8 Å². The minimum atomic E-state index is -1.04. The topological polar surface area (TPSA) is 66.8 Å². The number of halogens is 1. The zero-order valence-corrected chi connectivity index (χ0v) is 12.5. The summed E-state index contributed by atoms with van der Waals surface area (Å²) in [5.41, 5.74) is -0.507. The average molecular weight is 350 g/mol. The summed E-state index contributed by atoms with van der Waals surface area (Å²) in [6.45, 7) is -0.302. The summed E-state index contributed by atoms with van der Waals surface area (Å²) in [5.74, 6) is -1.75. The van der Waals surface area contributed by atoms with Crippen LogP contribution in [0.15, 0.2) is 40.9 Å². The van der Waals surface area contributed by atoms with Crippen LogP contribution in [0.25, 0.3) is 0 Å². The molecule has 0 radical (unpaired) electrons. The van der Waals surface area contributed by atoms with Gasteiger partial charge in [0, 0.05) is 4.47 Å². The van der Waals surface area contributed by atoms with Crippen LogP contribution in [-0.2, 0) is 14.3 Å². The number of amides is 2. The van der Waals surface area contributed by atoms with Gasteiger partial charge in [-0.2, -0.15) is 0 Å². The molecule has 5 nitrogen and oxygen atoms in total. The molecule has 0 unspecified atom stereocenters. The number of aliphatic hydroxyl groups excluding tert-OH is 1. The maximum Gasteiger partial charge on any atom is 0.241 e. The highest BCUT2D eigenvalue weighted by Gasteiger charge is 2.67. The normalized spacial score (nSPS) is 36.7. The second-order valence-electron chi connectivity index (χ2n) is 5.52. The van der Waals surface area contributed by atoms with E-state index in [0.29, 0.717) is 10.2 Å². The lowest BCUT2D eigenvalue weighted by atomic mass is 9.77. The largest absolute Gasteiger partial charge is 0.393 e. The first-order chi connectivity index (χ1) is 10.1. The first-order valence-electron chi connectivity index (χ1n) is 6.69. The van der Waals surface area contributed by atoms with E-state index in [1.165, 1.54) is 4.90 Å². The van der Waals surface area contributed by atoms with E-state index in [9.17, 15) is 14.7 Å². The van der Waals surface area contributed by atoms with Crippen molar-refractivity contribution in [2.75, 3.05) is 11.5 Å². The third kappa shape index (κ3) is 1.52. The Kier molecular flexibility index (Phi) is 2.67. The standard InChI is InChI=1S/C15H12BrNO4/c16-8-3-1-2-4-9(8)17-13(19)11-10-5-6-15(7-18,21-10)12(11)14(17)20/h1-6,10-12,18H,7H2/t10-,11+,12+,15-/m1/s1. The van der Waals surface area contributed by atoms with Gasteiger partial charge in [0.1, 0.15) is 5.60 Å². The summed E-state index contributed by atoms with van der Waals surface area (Å²) in [4.78, 5) is 26.7. The fourth-order valence-electron chi connectivity index (χ4n) is 3.55. The third-order valence-electron chi connectivity index (χ3n) is 4.50. The van der Waals surface area contributed by atoms with Crippen molar-refractivity contribution in [3.8, 4) is 0 Å². The van der Waals surface area contributed by atoms with Gasteiger partial charge in [0.25, 0.3) is 0 Å². The molecule has 2 saturated heterocycles. The Hall–Kier alpha value is -1.50. The molecule has 3 aliphatic rings. The number of fused-ring (bicyclic) bond motifs is 5. The van der Waals surface area contributed by atoms with Gasteiger partial charge in [0.15, 0.2) is 0 Å². The zero-order chi connectivity index (χ0) is 14.8. The Bertz CT molecular complexity index is 688. The molecule has 4 atom stereocenters. The van der Waals surface area contributed by atoms with Gasteiger partial charge in [-0.15, -0.1) is 0 Å². The molecule has 4 rings (SSSR count). The lowest BCUT2D eigenvalue weighted by Crippen LogP contribution is -2.43. The Morgan fingerprint density at radius 1 is 1.29 bits per heavy atom. The Balaban J connectivity index is 1.81. The number of nitrogens with zero attached hydrogens (tertiary/aromatic N) is 1. The number of hydrogen-bond acceptors (Lipinski definition) is 4. The second kappa shape index (κ2) is 4.25. The molecule has 3 aliphatic heterocycles. The van der Waals surface area contributed by atoms with Crippen molar-refractivity contribution in [1.82, 2.24) is 0 Å². The lowest BCUT2D eigenvalue weighted by molar-refractivity contribution is -0.128. The number of carbonyl (C=O) groups excluding carboxylic acids is 2. The summed E-state index contributed by atoms with van der Waals surface area (Å²) in [6.07, 6.45) is 3.06. The summed E-state index contributed by atoms with van der Waals surface area (Å²) < 4.78 is 6.38. The molecule has 1 aromatic carbocycles. The number of benzene rings is 1. The molecule has 0 aliphatic carbocycles. The van der Waals surface area contributed by atoms with E-state index >= 15 is 0 Å². The predicted molar refractivity (Wildman–Crippen MR) is 77.4 cm³/mol. The Morgan fingerprint density at radius 3 is 2.76 bits per heavy atom. The van der Waals surface area contributed by atoms with Crippen molar-refractivity contribution in [3.05, 3.63) is 40.9 Å². The quantitative estimate of drug-likeness (QED) is 0.644. The van der Waals surface area contributed by atoms with Gasteiger partial charge in [-0.3, -0.25) is 9.59 Å². The predicted octanol–water partition coefficient (Wildman–Crippen LogP) is 1.25. The van der Waals surface area contributed by atoms with E-state index in [1.807, 2.05) is 6.07 Å². The van der Waals surface area contributed by atoms with Gasteiger partial charge < -0.3 is 9.84 Å². The van der Waals surface area contributed by atoms with E-state index < -0.39 is 23.5 Å². The van der Waals surface area contributed by atoms with E-state index in [2.05, 4.69) is 15.9 Å². The molecule has 2 bridgehead atoms. The second-order valence-corrected chi connectivity index (χ2v) is 6.38. The molecule has 0 aromatic heterocycles. The maximum absolute atomic E-state index is 12.8. The molecular weight excluding hydrogens is 338 g/mol. The summed E-state index contributed by atoms with van der Waals surface area (Å²) in [6, 6.07) is 7.11. The fourth-order valence-corrected chi connectivity index (χ4v) is 4.02. The minimum absolute atomic E-state index is 0.262. The van der Waals surface area contributed by atoms with Gasteiger partial charge >= 0.3 is 0 Å². The first-order valence-corrected chi connectivity index (χ1v) is 7.49. The number of aliphatic hydroxyl groups is 1. The van der Waals surface area contributed by atoms with Crippen molar-refractivity contribution >= 4 is 33.4 Å². The molecular formula is C15H12BrNO4. The van der Waals surface area contributed by atoms with Crippen LogP contribution in [0.1, 0.15) is 0 Å². The number of carbonyl (C=O) groups is 2. The average Bonchev–Trinajstić information content (AvgIpc) is 3.12. The first kappa shape index (κ1) is 13.2. The smallest absolute Gasteiger partial charge is 0.241 e. The summed E-state index contributed by atoms with van der Waals surface area (Å²) >= 11 is 3.38. The zero-order valence-electron chi connectivity index (χ0n) is 10.9. The molecule has 1 aromatic rings. The maximum atomic E-state index is 12.8. The van der Waals surface area contributed by atoms with Gasteiger partial charge in [0.2, 0.25) is 11.8 Å². The van der Waals surface area contributed by atoms with Crippen molar-refractivity contribution in [2.45, 2.75) is 11.7 Å². The fraction of sp³-hybridized carbons (Fsp3) is 0.333. The van der Waals surface area contributed by atoms with Gasteiger partial charge in [-0.1, -0.05) is 24.3 Å². The molecule has 1 N–H and O–H groups in total. The van der Waals surface area contributed by atoms with Gasteiger partial charge in [0.05, 0.1) is 30.2 Å². The SMILES string of the molecule is O=C1[C@@H]2[C@@H](C(=O)N1c1ccccc1Br)[C@]1(CO)C=C[C@H]2O1. The Morgan fingerprint density at radius 2 is 2.05 bits per heavy atom. The van der Waals surface area contributed by atoms with Gasteiger partial charge in [-0.05, 0) is 28.1 Å². The molecule has 108 valence electrons. The van der Waals surface area contributed by atoms with Crippen LogP contribution < -0.4 is 4.90 Å². The molecule has 2 amide bonds. The molecule has 2 fully saturated rings. The van der Waals surface area contributed by atoms with Crippen LogP contribution in [0.5, 0.6) is 0 Å². The lowest BCUT2D eigenvalue weighted by Gasteiger charge is -2.26. The molecule has 0 spiro atoms. The minimum Gasteiger partial charge on any atom is -0.393 e. The highest BCUT2D eigenvalue weighted by molar-refractivity contribution is 9.10. The summed E-state index contributed by atoms with van der Waals surface area (Å²) in [5, 5.41) is 9.64. The number of imide groups is 1. The third-order valence-corrected chi connectivity index (χ3v) is 5.17. The Labute approximate surface area is 129 Å².